The zero-order valence-electron chi connectivity index (χ0n) is 26.2. The van der Waals surface area contributed by atoms with Crippen molar-refractivity contribution in [3.8, 4) is 0 Å². The van der Waals surface area contributed by atoms with Crippen LogP contribution in [0.25, 0.3) is 0 Å². The van der Waals surface area contributed by atoms with E-state index in [0.29, 0.717) is 0 Å². The second-order valence-electron chi connectivity index (χ2n) is 10.6. The Morgan fingerprint density at radius 1 is 0.500 bits per heavy atom. The van der Waals surface area contributed by atoms with Crippen molar-refractivity contribution in [2.24, 2.45) is 0 Å². The van der Waals surface area contributed by atoms with E-state index in [1.165, 1.54) is 131 Å². The van der Waals surface area contributed by atoms with Gasteiger partial charge in [0.15, 0.2) is 0 Å². The van der Waals surface area contributed by atoms with Crippen LogP contribution in [0.5, 0.6) is 0 Å². The standard InChI is InChI=1S/2C12H28N.C8H6O4/c2*1-5-9-13(10-6-2,11-7-3)12-8-4;9-7(10)5-2-1-3-6(4-5)8(11)12/h2*5-12H2,1-4H3;1-4H,(H,9,10)(H,11,12)/q2*+1;/p-2. The third-order valence-corrected chi connectivity index (χ3v) is 6.92. The van der Waals surface area contributed by atoms with Crippen LogP contribution in [0, 0.1) is 0 Å². The first kappa shape index (κ1) is 38.2. The molecule has 0 amide bonds. The molecule has 0 bridgehead atoms. The normalized spacial score (nSPS) is 11.2. The maximum atomic E-state index is 10.3. The summed E-state index contributed by atoms with van der Waals surface area (Å²) in [5.41, 5.74) is -0.339. The smallest absolute Gasteiger partial charge is 0.0783 e. The lowest BCUT2D eigenvalue weighted by atomic mass is 10.1. The van der Waals surface area contributed by atoms with E-state index in [0.717, 1.165) is 6.07 Å². The Hall–Kier alpha value is -1.92. The van der Waals surface area contributed by atoms with Gasteiger partial charge in [-0.1, -0.05) is 73.6 Å². The van der Waals surface area contributed by atoms with Crippen molar-refractivity contribution in [1.82, 2.24) is 0 Å². The summed E-state index contributed by atoms with van der Waals surface area (Å²) in [5.74, 6) is -2.81. The number of carboxylic acids is 2. The molecule has 0 saturated carbocycles. The lowest BCUT2D eigenvalue weighted by molar-refractivity contribution is -0.928. The Morgan fingerprint density at radius 2 is 0.711 bits per heavy atom. The Bertz CT molecular complexity index is 620. The van der Waals surface area contributed by atoms with Crippen molar-refractivity contribution in [2.45, 2.75) is 107 Å². The maximum Gasteiger partial charge on any atom is 0.0783 e. The quantitative estimate of drug-likeness (QED) is 0.239. The number of quaternary nitrogens is 2. The van der Waals surface area contributed by atoms with E-state index >= 15 is 0 Å². The number of benzene rings is 1. The van der Waals surface area contributed by atoms with Gasteiger partial charge >= 0.3 is 0 Å². The van der Waals surface area contributed by atoms with E-state index in [9.17, 15) is 19.8 Å². The third kappa shape index (κ3) is 16.1. The van der Waals surface area contributed by atoms with Gasteiger partial charge in [-0.15, -0.1) is 0 Å². The molecule has 0 saturated heterocycles. The van der Waals surface area contributed by atoms with Gasteiger partial charge in [0.05, 0.1) is 64.3 Å². The first-order chi connectivity index (χ1) is 18.1. The molecule has 0 heterocycles. The fraction of sp³-hybridized carbons (Fsp3) is 0.750. The fourth-order valence-corrected chi connectivity index (χ4v) is 5.91. The summed E-state index contributed by atoms with van der Waals surface area (Å²) >= 11 is 0. The van der Waals surface area contributed by atoms with Crippen LogP contribution < -0.4 is 10.2 Å². The van der Waals surface area contributed by atoms with Crippen molar-refractivity contribution in [3.63, 3.8) is 0 Å². The van der Waals surface area contributed by atoms with Crippen molar-refractivity contribution in [3.05, 3.63) is 35.4 Å². The molecule has 0 atom stereocenters. The number of rotatable bonds is 18. The zero-order chi connectivity index (χ0) is 29.5. The molecular weight excluding hydrogens is 476 g/mol. The average Bonchev–Trinajstić information content (AvgIpc) is 2.86. The molecule has 6 heteroatoms. The maximum absolute atomic E-state index is 10.3. The third-order valence-electron chi connectivity index (χ3n) is 6.92. The molecule has 0 aliphatic heterocycles. The molecule has 38 heavy (non-hydrogen) atoms. The Morgan fingerprint density at radius 3 is 0.868 bits per heavy atom. The highest BCUT2D eigenvalue weighted by atomic mass is 16.4. The SMILES string of the molecule is CCC[N+](CCC)(CCC)CCC.CCC[N+](CCC)(CCC)CCC.O=C([O-])c1cccc(C(=O)[O-])c1. The molecule has 0 spiro atoms. The van der Waals surface area contributed by atoms with E-state index in [2.05, 4.69) is 55.4 Å². The van der Waals surface area contributed by atoms with Crippen LogP contribution in [0.1, 0.15) is 127 Å². The highest BCUT2D eigenvalue weighted by molar-refractivity contribution is 5.91. The van der Waals surface area contributed by atoms with Crippen LogP contribution >= 0.6 is 0 Å². The minimum absolute atomic E-state index is 0.170. The van der Waals surface area contributed by atoms with Crippen molar-refractivity contribution in [1.29, 1.82) is 0 Å². The second kappa shape index (κ2) is 23.0. The molecule has 6 nitrogen and oxygen atoms in total. The Labute approximate surface area is 235 Å². The Kier molecular flexibility index (Phi) is 23.1. The first-order valence-electron chi connectivity index (χ1n) is 15.3. The number of hydrogen-bond donors (Lipinski definition) is 0. The molecule has 0 aliphatic carbocycles. The second-order valence-corrected chi connectivity index (χ2v) is 10.6. The van der Waals surface area contributed by atoms with E-state index in [1.807, 2.05) is 0 Å². The molecule has 1 aromatic carbocycles. The molecular formula is C32H60N2O4. The largest absolute Gasteiger partial charge is 0.545 e. The highest BCUT2D eigenvalue weighted by Crippen LogP contribution is 2.13. The number of nitrogens with zero attached hydrogens (tertiary/aromatic N) is 2. The molecule has 1 rings (SSSR count). The van der Waals surface area contributed by atoms with Gasteiger partial charge < -0.3 is 28.8 Å². The molecule has 0 aromatic heterocycles. The van der Waals surface area contributed by atoms with Gasteiger partial charge in [-0.3, -0.25) is 0 Å². The summed E-state index contributed by atoms with van der Waals surface area (Å²) in [6.45, 7) is 29.6. The van der Waals surface area contributed by atoms with Gasteiger partial charge in [0.2, 0.25) is 0 Å². The summed E-state index contributed by atoms with van der Waals surface area (Å²) in [7, 11) is 0. The minimum atomic E-state index is -1.40. The van der Waals surface area contributed by atoms with Gasteiger partial charge in [0, 0.05) is 0 Å². The monoisotopic (exact) mass is 536 g/mol. The van der Waals surface area contributed by atoms with Crippen LogP contribution in [-0.2, 0) is 0 Å². The molecule has 0 unspecified atom stereocenters. The molecule has 0 fully saturated rings. The van der Waals surface area contributed by atoms with Gasteiger partial charge in [-0.25, -0.2) is 0 Å². The molecule has 0 N–H and O–H groups in total. The summed E-state index contributed by atoms with van der Waals surface area (Å²) in [5, 5.41) is 20.5. The van der Waals surface area contributed by atoms with Gasteiger partial charge in [0.1, 0.15) is 0 Å². The number of carbonyl (C=O) groups excluding carboxylic acids is 2. The van der Waals surface area contributed by atoms with Crippen LogP contribution in [0.15, 0.2) is 24.3 Å². The van der Waals surface area contributed by atoms with Crippen LogP contribution in [-0.4, -0.2) is 73.3 Å². The number of carboxylic acid groups (broad SMARTS) is 2. The minimum Gasteiger partial charge on any atom is -0.545 e. The average molecular weight is 537 g/mol. The van der Waals surface area contributed by atoms with Crippen LogP contribution in [0.3, 0.4) is 0 Å². The van der Waals surface area contributed by atoms with E-state index in [-0.39, 0.29) is 11.1 Å². The predicted molar refractivity (Wildman–Crippen MR) is 157 cm³/mol. The molecule has 0 aliphatic rings. The van der Waals surface area contributed by atoms with E-state index < -0.39 is 11.9 Å². The zero-order valence-corrected chi connectivity index (χ0v) is 26.2. The molecule has 0 radical (unpaired) electrons. The van der Waals surface area contributed by atoms with Crippen LogP contribution in [0.2, 0.25) is 0 Å². The van der Waals surface area contributed by atoms with Gasteiger partial charge in [-0.2, -0.15) is 0 Å². The fourth-order valence-electron chi connectivity index (χ4n) is 5.91. The lowest BCUT2D eigenvalue weighted by Gasteiger charge is -2.38. The number of hydrogen-bond acceptors (Lipinski definition) is 4. The Balaban J connectivity index is 0. The van der Waals surface area contributed by atoms with Gasteiger partial charge in [0.25, 0.3) is 0 Å². The summed E-state index contributed by atoms with van der Waals surface area (Å²) in [4.78, 5) is 20.5. The summed E-state index contributed by atoms with van der Waals surface area (Å²) in [6, 6.07) is 4.81. The molecule has 1 aromatic rings. The highest BCUT2D eigenvalue weighted by Gasteiger charge is 2.23. The lowest BCUT2D eigenvalue weighted by Crippen LogP contribution is -2.50. The summed E-state index contributed by atoms with van der Waals surface area (Å²) in [6.07, 6.45) is 10.7. The number of aromatic carboxylic acids is 2. The summed E-state index contributed by atoms with van der Waals surface area (Å²) < 4.78 is 2.75. The van der Waals surface area contributed by atoms with Gasteiger partial charge in [-0.05, 0) is 68.6 Å². The topological polar surface area (TPSA) is 80.3 Å². The van der Waals surface area contributed by atoms with Crippen molar-refractivity contribution < 1.29 is 28.8 Å². The van der Waals surface area contributed by atoms with E-state index in [1.54, 1.807) is 0 Å². The van der Waals surface area contributed by atoms with Crippen molar-refractivity contribution in [2.75, 3.05) is 52.4 Å². The van der Waals surface area contributed by atoms with E-state index in [4.69, 9.17) is 0 Å². The molecule has 222 valence electrons. The van der Waals surface area contributed by atoms with Crippen molar-refractivity contribution >= 4 is 11.9 Å². The predicted octanol–water partition coefficient (Wildman–Crippen LogP) is 5.30. The first-order valence-corrected chi connectivity index (χ1v) is 15.3. The number of carbonyl (C=O) groups is 2. The van der Waals surface area contributed by atoms with Crippen LogP contribution in [0.4, 0.5) is 0 Å².